The normalized spacial score (nSPS) is 11.7. The molecular formula is C18H17F3N4. The van der Waals surface area contributed by atoms with Crippen LogP contribution < -0.4 is 5.73 Å². The average molecular weight is 346 g/mol. The first-order valence-electron chi connectivity index (χ1n) is 7.80. The van der Waals surface area contributed by atoms with Gasteiger partial charge in [0, 0.05) is 0 Å². The van der Waals surface area contributed by atoms with E-state index in [0.29, 0.717) is 5.69 Å². The van der Waals surface area contributed by atoms with Crippen LogP contribution in [0.2, 0.25) is 0 Å². The van der Waals surface area contributed by atoms with Crippen molar-refractivity contribution in [2.45, 2.75) is 26.4 Å². The predicted octanol–water partition coefficient (Wildman–Crippen LogP) is 4.41. The molecule has 0 aliphatic carbocycles. The second-order valence-electron chi connectivity index (χ2n) is 5.72. The van der Waals surface area contributed by atoms with Crippen molar-refractivity contribution in [1.82, 2.24) is 14.8 Å². The Morgan fingerprint density at radius 2 is 1.80 bits per heavy atom. The van der Waals surface area contributed by atoms with E-state index in [1.54, 1.807) is 0 Å². The molecule has 1 aromatic heterocycles. The zero-order valence-corrected chi connectivity index (χ0v) is 13.8. The number of hydrogen-bond donors (Lipinski definition) is 1. The molecule has 2 aromatic carbocycles. The largest absolute Gasteiger partial charge is 0.453 e. The van der Waals surface area contributed by atoms with Gasteiger partial charge >= 0.3 is 6.18 Å². The summed E-state index contributed by atoms with van der Waals surface area (Å²) in [7, 11) is 0. The third kappa shape index (κ3) is 3.22. The van der Waals surface area contributed by atoms with Gasteiger partial charge in [0.25, 0.3) is 5.82 Å². The lowest BCUT2D eigenvalue weighted by Crippen LogP contribution is -2.09. The molecule has 4 nitrogen and oxygen atoms in total. The Morgan fingerprint density at radius 1 is 1.12 bits per heavy atom. The fourth-order valence-corrected chi connectivity index (χ4v) is 2.78. The van der Waals surface area contributed by atoms with Crippen molar-refractivity contribution in [2.24, 2.45) is 0 Å². The summed E-state index contributed by atoms with van der Waals surface area (Å²) in [6.07, 6.45) is -3.84. The molecule has 0 aliphatic rings. The molecule has 0 bridgehead atoms. The smallest absolute Gasteiger partial charge is 0.368 e. The van der Waals surface area contributed by atoms with E-state index in [1.807, 2.05) is 56.3 Å². The minimum Gasteiger partial charge on any atom is -0.368 e. The van der Waals surface area contributed by atoms with Gasteiger partial charge < -0.3 is 5.73 Å². The highest BCUT2D eigenvalue weighted by atomic mass is 19.4. The Balaban J connectivity index is 2.20. The Kier molecular flexibility index (Phi) is 4.24. The summed E-state index contributed by atoms with van der Waals surface area (Å²) in [5, 5.41) is 3.56. The van der Waals surface area contributed by atoms with Crippen LogP contribution in [0.5, 0.6) is 0 Å². The Hall–Kier alpha value is -2.83. The van der Waals surface area contributed by atoms with E-state index >= 15 is 0 Å². The number of anilines is 1. The zero-order valence-electron chi connectivity index (χ0n) is 13.8. The van der Waals surface area contributed by atoms with E-state index in [4.69, 9.17) is 5.73 Å². The van der Waals surface area contributed by atoms with Crippen LogP contribution in [0.4, 0.5) is 19.1 Å². The lowest BCUT2D eigenvalue weighted by molar-refractivity contribution is -0.144. The molecule has 7 heteroatoms. The fraction of sp³-hybridized carbons (Fsp3) is 0.222. The summed E-state index contributed by atoms with van der Waals surface area (Å²) in [4.78, 5) is 3.35. The maximum atomic E-state index is 12.9. The van der Waals surface area contributed by atoms with Gasteiger partial charge in [0.1, 0.15) is 0 Å². The number of nitrogens with zero attached hydrogens (tertiary/aromatic N) is 3. The van der Waals surface area contributed by atoms with Crippen LogP contribution in [-0.2, 0) is 12.6 Å². The Labute approximate surface area is 143 Å². The topological polar surface area (TPSA) is 56.7 Å². The lowest BCUT2D eigenvalue weighted by atomic mass is 9.95. The fourth-order valence-electron chi connectivity index (χ4n) is 2.78. The number of benzene rings is 2. The Bertz CT molecular complexity index is 899. The van der Waals surface area contributed by atoms with E-state index in [0.717, 1.165) is 33.4 Å². The van der Waals surface area contributed by atoms with E-state index < -0.39 is 12.0 Å². The van der Waals surface area contributed by atoms with Gasteiger partial charge in [-0.15, -0.1) is 5.10 Å². The van der Waals surface area contributed by atoms with E-state index in [2.05, 4.69) is 10.1 Å². The number of hydrogen-bond acceptors (Lipinski definition) is 3. The number of alkyl halides is 3. The summed E-state index contributed by atoms with van der Waals surface area (Å²) >= 11 is 0. The predicted molar refractivity (Wildman–Crippen MR) is 90.3 cm³/mol. The maximum absolute atomic E-state index is 12.9. The van der Waals surface area contributed by atoms with Gasteiger partial charge in [-0.25, -0.2) is 0 Å². The molecule has 0 saturated carbocycles. The second-order valence-corrected chi connectivity index (χ2v) is 5.72. The SMILES string of the molecule is CCc1cc(C)c(-n2nc(C(F)(F)F)nc2N)cc1-c1ccccc1. The summed E-state index contributed by atoms with van der Waals surface area (Å²) < 4.78 is 39.6. The van der Waals surface area contributed by atoms with Crippen molar-refractivity contribution >= 4 is 5.95 Å². The molecular weight excluding hydrogens is 329 g/mol. The molecule has 3 aromatic rings. The van der Waals surface area contributed by atoms with Gasteiger partial charge in [0.05, 0.1) is 5.69 Å². The average Bonchev–Trinajstić information content (AvgIpc) is 2.97. The van der Waals surface area contributed by atoms with Crippen molar-refractivity contribution in [3.8, 4) is 16.8 Å². The number of aryl methyl sites for hydroxylation is 2. The van der Waals surface area contributed by atoms with Crippen LogP contribution in [0.1, 0.15) is 23.9 Å². The zero-order chi connectivity index (χ0) is 18.2. The molecule has 0 aliphatic heterocycles. The standard InChI is InChI=1S/C18H17F3N4/c1-3-12-9-11(2)15(10-14(12)13-7-5-4-6-8-13)25-17(22)23-16(24-25)18(19,20)21/h4-10H,3H2,1-2H3,(H2,22,23,24). The third-order valence-corrected chi connectivity index (χ3v) is 4.00. The van der Waals surface area contributed by atoms with Gasteiger partial charge in [0.15, 0.2) is 0 Å². The first-order valence-corrected chi connectivity index (χ1v) is 7.80. The van der Waals surface area contributed by atoms with Crippen molar-refractivity contribution in [3.05, 3.63) is 59.4 Å². The van der Waals surface area contributed by atoms with E-state index in [9.17, 15) is 13.2 Å². The monoisotopic (exact) mass is 346 g/mol. The molecule has 0 amide bonds. The van der Waals surface area contributed by atoms with Crippen LogP contribution >= 0.6 is 0 Å². The minimum absolute atomic E-state index is 0.293. The minimum atomic E-state index is -4.64. The van der Waals surface area contributed by atoms with E-state index in [-0.39, 0.29) is 5.95 Å². The van der Waals surface area contributed by atoms with Crippen LogP contribution in [0.3, 0.4) is 0 Å². The highest BCUT2D eigenvalue weighted by Crippen LogP contribution is 2.32. The van der Waals surface area contributed by atoms with Crippen LogP contribution in [0.25, 0.3) is 16.8 Å². The molecule has 0 atom stereocenters. The summed E-state index contributed by atoms with van der Waals surface area (Å²) in [6.45, 7) is 3.85. The summed E-state index contributed by atoms with van der Waals surface area (Å²) in [5.74, 6) is -1.54. The number of nitrogens with two attached hydrogens (primary N) is 1. The molecule has 0 fully saturated rings. The van der Waals surface area contributed by atoms with Crippen LogP contribution in [0.15, 0.2) is 42.5 Å². The molecule has 0 spiro atoms. The van der Waals surface area contributed by atoms with Crippen molar-refractivity contribution < 1.29 is 13.2 Å². The highest BCUT2D eigenvalue weighted by Gasteiger charge is 2.37. The van der Waals surface area contributed by atoms with Crippen molar-refractivity contribution in [1.29, 1.82) is 0 Å². The van der Waals surface area contributed by atoms with Gasteiger partial charge in [-0.3, -0.25) is 0 Å². The molecule has 1 heterocycles. The number of halogens is 3. The molecule has 130 valence electrons. The molecule has 0 saturated heterocycles. The van der Waals surface area contributed by atoms with Crippen molar-refractivity contribution in [2.75, 3.05) is 5.73 Å². The molecule has 3 rings (SSSR count). The van der Waals surface area contributed by atoms with Crippen molar-refractivity contribution in [3.63, 3.8) is 0 Å². The van der Waals surface area contributed by atoms with Gasteiger partial charge in [-0.05, 0) is 41.7 Å². The van der Waals surface area contributed by atoms with Gasteiger partial charge in [-0.2, -0.15) is 22.8 Å². The first kappa shape index (κ1) is 17.0. The third-order valence-electron chi connectivity index (χ3n) is 4.00. The quantitative estimate of drug-likeness (QED) is 0.764. The van der Waals surface area contributed by atoms with Crippen LogP contribution in [0, 0.1) is 6.92 Å². The lowest BCUT2D eigenvalue weighted by Gasteiger charge is -2.14. The number of rotatable bonds is 3. The summed E-state index contributed by atoms with van der Waals surface area (Å²) in [6, 6.07) is 13.4. The van der Waals surface area contributed by atoms with Gasteiger partial charge in [0.2, 0.25) is 5.95 Å². The second kappa shape index (κ2) is 6.23. The molecule has 25 heavy (non-hydrogen) atoms. The highest BCUT2D eigenvalue weighted by molar-refractivity contribution is 5.71. The summed E-state index contributed by atoms with van der Waals surface area (Å²) in [5.41, 5.74) is 9.97. The molecule has 2 N–H and O–H groups in total. The van der Waals surface area contributed by atoms with Gasteiger partial charge in [-0.1, -0.05) is 43.3 Å². The number of nitrogen functional groups attached to an aromatic ring is 1. The molecule has 0 radical (unpaired) electrons. The Morgan fingerprint density at radius 3 is 2.36 bits per heavy atom. The maximum Gasteiger partial charge on any atom is 0.453 e. The molecule has 0 unspecified atom stereocenters. The van der Waals surface area contributed by atoms with Crippen LogP contribution in [-0.4, -0.2) is 14.8 Å². The first-order chi connectivity index (χ1) is 11.8. The van der Waals surface area contributed by atoms with E-state index in [1.165, 1.54) is 0 Å². The number of aromatic nitrogens is 3.